The van der Waals surface area contributed by atoms with E-state index in [0.29, 0.717) is 17.4 Å². The highest BCUT2D eigenvalue weighted by molar-refractivity contribution is 5.93. The monoisotopic (exact) mass is 436 g/mol. The molecule has 170 valence electrons. The van der Waals surface area contributed by atoms with Crippen LogP contribution in [0.3, 0.4) is 0 Å². The SMILES string of the molecule is COc1cc2c(N3CCN(C)CC3)nc(N(C)C)nc2cc1Oc1ccc(N(C)C)cc1. The molecule has 4 rings (SSSR count). The minimum atomic E-state index is 0.630. The minimum Gasteiger partial charge on any atom is -0.493 e. The second-order valence-electron chi connectivity index (χ2n) is 8.54. The van der Waals surface area contributed by atoms with Crippen molar-refractivity contribution in [2.45, 2.75) is 0 Å². The zero-order valence-corrected chi connectivity index (χ0v) is 19.8. The molecule has 0 saturated carbocycles. The van der Waals surface area contributed by atoms with Gasteiger partial charge in [-0.25, -0.2) is 4.98 Å². The first kappa shape index (κ1) is 22.0. The molecule has 0 atom stereocenters. The highest BCUT2D eigenvalue weighted by Gasteiger charge is 2.21. The number of anilines is 3. The molecule has 1 aliphatic rings. The van der Waals surface area contributed by atoms with Gasteiger partial charge in [0, 0.05) is 71.5 Å². The second kappa shape index (κ2) is 9.08. The topological polar surface area (TPSA) is 57.2 Å². The quantitative estimate of drug-likeness (QED) is 0.583. The Morgan fingerprint density at radius 2 is 1.53 bits per heavy atom. The van der Waals surface area contributed by atoms with Gasteiger partial charge in [0.05, 0.1) is 12.6 Å². The van der Waals surface area contributed by atoms with E-state index >= 15 is 0 Å². The maximum absolute atomic E-state index is 6.21. The number of fused-ring (bicyclic) bond motifs is 1. The van der Waals surface area contributed by atoms with Crippen LogP contribution < -0.4 is 24.2 Å². The molecule has 2 aromatic carbocycles. The number of piperazine rings is 1. The molecule has 0 bridgehead atoms. The Hall–Kier alpha value is -3.26. The van der Waals surface area contributed by atoms with Gasteiger partial charge in [0.1, 0.15) is 11.6 Å². The van der Waals surface area contributed by atoms with Crippen molar-refractivity contribution in [3.8, 4) is 17.2 Å². The number of hydrogen-bond donors (Lipinski definition) is 0. The van der Waals surface area contributed by atoms with Crippen LogP contribution in [0.15, 0.2) is 36.4 Å². The maximum Gasteiger partial charge on any atom is 0.227 e. The van der Waals surface area contributed by atoms with Crippen LogP contribution in [-0.2, 0) is 0 Å². The van der Waals surface area contributed by atoms with Crippen LogP contribution in [0.5, 0.6) is 17.2 Å². The van der Waals surface area contributed by atoms with E-state index < -0.39 is 0 Å². The number of aromatic nitrogens is 2. The van der Waals surface area contributed by atoms with Crippen molar-refractivity contribution >= 4 is 28.4 Å². The normalized spacial score (nSPS) is 14.5. The molecular weight excluding hydrogens is 404 g/mol. The Bertz CT molecular complexity index is 1080. The smallest absolute Gasteiger partial charge is 0.227 e. The molecule has 0 aliphatic carbocycles. The molecule has 0 spiro atoms. The first-order chi connectivity index (χ1) is 15.4. The largest absolute Gasteiger partial charge is 0.493 e. The number of nitrogens with zero attached hydrogens (tertiary/aromatic N) is 6. The summed E-state index contributed by atoms with van der Waals surface area (Å²) in [6, 6.07) is 11.9. The minimum absolute atomic E-state index is 0.630. The number of rotatable bonds is 6. The Labute approximate surface area is 190 Å². The number of likely N-dealkylation sites (N-methyl/N-ethyl adjacent to an activating group) is 1. The average Bonchev–Trinajstić information content (AvgIpc) is 2.78. The van der Waals surface area contributed by atoms with Gasteiger partial charge in [0.15, 0.2) is 11.5 Å². The van der Waals surface area contributed by atoms with Crippen LogP contribution in [0.25, 0.3) is 10.9 Å². The highest BCUT2D eigenvalue weighted by atomic mass is 16.5. The number of ether oxygens (including phenoxy) is 2. The van der Waals surface area contributed by atoms with E-state index in [0.717, 1.165) is 54.3 Å². The maximum atomic E-state index is 6.21. The number of hydrogen-bond acceptors (Lipinski definition) is 8. The van der Waals surface area contributed by atoms with Gasteiger partial charge in [-0.3, -0.25) is 0 Å². The van der Waals surface area contributed by atoms with Gasteiger partial charge in [0.25, 0.3) is 0 Å². The lowest BCUT2D eigenvalue weighted by atomic mass is 10.1. The van der Waals surface area contributed by atoms with Crippen molar-refractivity contribution in [3.63, 3.8) is 0 Å². The predicted octanol–water partition coefficient (Wildman–Crippen LogP) is 3.31. The van der Waals surface area contributed by atoms with E-state index in [2.05, 4.69) is 21.7 Å². The predicted molar refractivity (Wildman–Crippen MR) is 131 cm³/mol. The summed E-state index contributed by atoms with van der Waals surface area (Å²) in [5, 5.41) is 0.965. The highest BCUT2D eigenvalue weighted by Crippen LogP contribution is 2.38. The van der Waals surface area contributed by atoms with Crippen molar-refractivity contribution < 1.29 is 9.47 Å². The van der Waals surface area contributed by atoms with E-state index in [9.17, 15) is 0 Å². The standard InChI is InChI=1S/C24H32N6O2/c1-27(2)17-7-9-18(10-8-17)32-22-16-20-19(15-21(22)31-6)23(26-24(25-20)28(3)4)30-13-11-29(5)12-14-30/h7-10,15-16H,11-14H2,1-6H3. The molecular formula is C24H32N6O2. The Morgan fingerprint density at radius 1 is 0.844 bits per heavy atom. The molecule has 3 aromatic rings. The third-order valence-corrected chi connectivity index (χ3v) is 5.73. The van der Waals surface area contributed by atoms with E-state index in [1.807, 2.05) is 69.5 Å². The average molecular weight is 437 g/mol. The Kier molecular flexibility index (Phi) is 6.23. The lowest BCUT2D eigenvalue weighted by molar-refractivity contribution is 0.312. The summed E-state index contributed by atoms with van der Waals surface area (Å²) in [6.07, 6.45) is 0. The first-order valence-electron chi connectivity index (χ1n) is 10.8. The summed E-state index contributed by atoms with van der Waals surface area (Å²) < 4.78 is 11.9. The fraction of sp³-hybridized carbons (Fsp3) is 0.417. The lowest BCUT2D eigenvalue weighted by Gasteiger charge is -2.34. The second-order valence-corrected chi connectivity index (χ2v) is 8.54. The molecule has 1 aliphatic heterocycles. The molecule has 0 amide bonds. The fourth-order valence-corrected chi connectivity index (χ4v) is 3.75. The van der Waals surface area contributed by atoms with Crippen LogP contribution in [0.1, 0.15) is 0 Å². The molecule has 8 nitrogen and oxygen atoms in total. The van der Waals surface area contributed by atoms with E-state index in [1.165, 1.54) is 0 Å². The number of benzene rings is 2. The summed E-state index contributed by atoms with van der Waals surface area (Å²) in [6.45, 7) is 3.86. The molecule has 2 heterocycles. The van der Waals surface area contributed by atoms with E-state index in [1.54, 1.807) is 7.11 Å². The van der Waals surface area contributed by atoms with Gasteiger partial charge in [-0.05, 0) is 37.4 Å². The number of methoxy groups -OCH3 is 1. The molecule has 0 unspecified atom stereocenters. The van der Waals surface area contributed by atoms with Crippen LogP contribution in [0.2, 0.25) is 0 Å². The van der Waals surface area contributed by atoms with E-state index in [-0.39, 0.29) is 0 Å². The molecule has 1 saturated heterocycles. The molecule has 0 N–H and O–H groups in total. The summed E-state index contributed by atoms with van der Waals surface area (Å²) in [7, 11) is 11.8. The van der Waals surface area contributed by atoms with Crippen molar-refractivity contribution in [2.24, 2.45) is 0 Å². The van der Waals surface area contributed by atoms with Gasteiger partial charge < -0.3 is 29.1 Å². The zero-order chi connectivity index (χ0) is 22.8. The summed E-state index contributed by atoms with van der Waals surface area (Å²) in [5.41, 5.74) is 1.95. The van der Waals surface area contributed by atoms with Gasteiger partial charge in [0.2, 0.25) is 5.95 Å². The van der Waals surface area contributed by atoms with E-state index in [4.69, 9.17) is 19.4 Å². The summed E-state index contributed by atoms with van der Waals surface area (Å²) in [5.74, 6) is 3.65. The lowest BCUT2D eigenvalue weighted by Crippen LogP contribution is -2.45. The fourth-order valence-electron chi connectivity index (χ4n) is 3.75. The van der Waals surface area contributed by atoms with Gasteiger partial charge >= 0.3 is 0 Å². The zero-order valence-electron chi connectivity index (χ0n) is 19.8. The van der Waals surface area contributed by atoms with Crippen LogP contribution in [-0.4, -0.2) is 83.4 Å². The van der Waals surface area contributed by atoms with Crippen LogP contribution in [0, 0.1) is 0 Å². The molecule has 1 fully saturated rings. The summed E-state index contributed by atoms with van der Waals surface area (Å²) in [4.78, 5) is 18.3. The van der Waals surface area contributed by atoms with Crippen LogP contribution in [0.4, 0.5) is 17.5 Å². The van der Waals surface area contributed by atoms with Gasteiger partial charge in [-0.2, -0.15) is 4.98 Å². The van der Waals surface area contributed by atoms with Crippen molar-refractivity contribution in [1.82, 2.24) is 14.9 Å². The van der Waals surface area contributed by atoms with Crippen molar-refractivity contribution in [1.29, 1.82) is 0 Å². The molecule has 8 heteroatoms. The van der Waals surface area contributed by atoms with Crippen LogP contribution >= 0.6 is 0 Å². The third kappa shape index (κ3) is 4.50. The molecule has 0 radical (unpaired) electrons. The Balaban J connectivity index is 1.76. The Morgan fingerprint density at radius 3 is 2.12 bits per heavy atom. The van der Waals surface area contributed by atoms with Gasteiger partial charge in [-0.15, -0.1) is 0 Å². The third-order valence-electron chi connectivity index (χ3n) is 5.73. The first-order valence-corrected chi connectivity index (χ1v) is 10.8. The van der Waals surface area contributed by atoms with Gasteiger partial charge in [-0.1, -0.05) is 0 Å². The molecule has 32 heavy (non-hydrogen) atoms. The van der Waals surface area contributed by atoms with Crippen molar-refractivity contribution in [3.05, 3.63) is 36.4 Å². The molecule has 1 aromatic heterocycles. The van der Waals surface area contributed by atoms with Crippen molar-refractivity contribution in [2.75, 3.05) is 83.2 Å². The summed E-state index contributed by atoms with van der Waals surface area (Å²) >= 11 is 0.